The van der Waals surface area contributed by atoms with Crippen LogP contribution in [0.1, 0.15) is 32.2 Å². The molecule has 0 unspecified atom stereocenters. The minimum absolute atomic E-state index is 0.0584. The number of benzene rings is 1. The molecule has 0 aliphatic carbocycles. The van der Waals surface area contributed by atoms with Gasteiger partial charge < -0.3 is 14.8 Å². The van der Waals surface area contributed by atoms with Gasteiger partial charge in [0.2, 0.25) is 0 Å². The molecule has 0 atom stereocenters. The van der Waals surface area contributed by atoms with Gasteiger partial charge in [-0.25, -0.2) is 4.79 Å². The highest BCUT2D eigenvalue weighted by molar-refractivity contribution is 14.1. The van der Waals surface area contributed by atoms with Crippen LogP contribution in [-0.2, 0) is 0 Å². The second-order valence-corrected chi connectivity index (χ2v) is 5.52. The van der Waals surface area contributed by atoms with E-state index < -0.39 is 5.97 Å². The number of amides is 1. The quantitative estimate of drug-likeness (QED) is 0.794. The van der Waals surface area contributed by atoms with E-state index in [0.717, 1.165) is 3.57 Å². The fourth-order valence-corrected chi connectivity index (χ4v) is 2.34. The van der Waals surface area contributed by atoms with Crippen LogP contribution in [0.25, 0.3) is 0 Å². The van der Waals surface area contributed by atoms with Gasteiger partial charge >= 0.3 is 5.97 Å². The first-order chi connectivity index (χ1) is 9.38. The number of anilines is 1. The molecular formula is C14H12INO4. The molecule has 1 aromatic heterocycles. The van der Waals surface area contributed by atoms with Gasteiger partial charge in [0.1, 0.15) is 11.5 Å². The molecule has 2 aromatic rings. The van der Waals surface area contributed by atoms with Crippen LogP contribution in [0.15, 0.2) is 28.7 Å². The largest absolute Gasteiger partial charge is 0.478 e. The number of carboxylic acids is 1. The molecule has 2 N–H and O–H groups in total. The summed E-state index contributed by atoms with van der Waals surface area (Å²) in [7, 11) is 0. The third-order valence-corrected chi connectivity index (χ3v) is 3.42. The zero-order valence-corrected chi connectivity index (χ0v) is 13.0. The van der Waals surface area contributed by atoms with E-state index in [4.69, 9.17) is 9.52 Å². The lowest BCUT2D eigenvalue weighted by Crippen LogP contribution is -2.15. The predicted molar refractivity (Wildman–Crippen MR) is 82.3 cm³/mol. The number of carboxylic acid groups (broad SMARTS) is 1. The lowest BCUT2D eigenvalue weighted by Gasteiger charge is -2.08. The van der Waals surface area contributed by atoms with E-state index in [2.05, 4.69) is 5.32 Å². The van der Waals surface area contributed by atoms with Crippen molar-refractivity contribution in [3.05, 3.63) is 50.5 Å². The number of carbonyl (C=O) groups is 2. The Bertz CT molecular complexity index is 690. The minimum atomic E-state index is -1.08. The fraction of sp³-hybridized carbons (Fsp3) is 0.143. The smallest absolute Gasteiger partial charge is 0.337 e. The number of nitrogens with one attached hydrogen (secondary N) is 1. The molecule has 20 heavy (non-hydrogen) atoms. The Morgan fingerprint density at radius 2 is 1.90 bits per heavy atom. The van der Waals surface area contributed by atoms with Gasteiger partial charge in [-0.1, -0.05) is 0 Å². The summed E-state index contributed by atoms with van der Waals surface area (Å²) in [6, 6.07) is 6.44. The van der Waals surface area contributed by atoms with Crippen LogP contribution in [0.2, 0.25) is 0 Å². The average molecular weight is 385 g/mol. The molecule has 1 aromatic carbocycles. The van der Waals surface area contributed by atoms with Gasteiger partial charge in [0.25, 0.3) is 5.91 Å². The Kier molecular flexibility index (Phi) is 4.12. The number of carbonyl (C=O) groups excluding carboxylic acids is 1. The highest BCUT2D eigenvalue weighted by atomic mass is 127. The summed E-state index contributed by atoms with van der Waals surface area (Å²) in [5.41, 5.74) is 0.724. The van der Waals surface area contributed by atoms with Crippen molar-refractivity contribution in [1.29, 1.82) is 0 Å². The summed E-state index contributed by atoms with van der Waals surface area (Å²) in [6.45, 7) is 3.44. The van der Waals surface area contributed by atoms with E-state index in [9.17, 15) is 9.59 Å². The van der Waals surface area contributed by atoms with E-state index >= 15 is 0 Å². The summed E-state index contributed by atoms with van der Waals surface area (Å²) < 4.78 is 6.08. The number of hydrogen-bond donors (Lipinski definition) is 2. The van der Waals surface area contributed by atoms with Crippen molar-refractivity contribution in [2.75, 3.05) is 5.32 Å². The number of hydrogen-bond acceptors (Lipinski definition) is 3. The molecule has 0 fully saturated rings. The molecular weight excluding hydrogens is 373 g/mol. The Balaban J connectivity index is 2.33. The standard InChI is InChI=1S/C14H12INO4/c1-7-5-10(8(2)20-7)13(17)16-12-4-3-9(15)6-11(12)14(18)19/h3-6H,1-2H3,(H,16,17)(H,18,19). The van der Waals surface area contributed by atoms with Crippen LogP contribution < -0.4 is 5.32 Å². The molecule has 2 rings (SSSR count). The van der Waals surface area contributed by atoms with Gasteiger partial charge in [-0.15, -0.1) is 0 Å². The Hall–Kier alpha value is -1.83. The number of aromatic carboxylic acids is 1. The zero-order valence-electron chi connectivity index (χ0n) is 10.9. The highest BCUT2D eigenvalue weighted by Gasteiger charge is 2.17. The van der Waals surface area contributed by atoms with Crippen LogP contribution >= 0.6 is 22.6 Å². The summed E-state index contributed by atoms with van der Waals surface area (Å²) in [4.78, 5) is 23.3. The van der Waals surface area contributed by atoms with Crippen LogP contribution in [-0.4, -0.2) is 17.0 Å². The molecule has 0 bridgehead atoms. The van der Waals surface area contributed by atoms with Crippen molar-refractivity contribution in [3.63, 3.8) is 0 Å². The molecule has 104 valence electrons. The SMILES string of the molecule is Cc1cc(C(=O)Nc2ccc(I)cc2C(=O)O)c(C)o1. The second kappa shape index (κ2) is 5.66. The van der Waals surface area contributed by atoms with Crippen LogP contribution in [0.3, 0.4) is 0 Å². The molecule has 0 spiro atoms. The van der Waals surface area contributed by atoms with E-state index in [1.807, 2.05) is 22.6 Å². The average Bonchev–Trinajstić information content (AvgIpc) is 2.70. The minimum Gasteiger partial charge on any atom is -0.478 e. The van der Waals surface area contributed by atoms with Crippen molar-refractivity contribution in [2.45, 2.75) is 13.8 Å². The zero-order chi connectivity index (χ0) is 14.9. The van der Waals surface area contributed by atoms with Gasteiger partial charge in [-0.3, -0.25) is 4.79 Å². The normalized spacial score (nSPS) is 10.3. The molecule has 0 radical (unpaired) electrons. The van der Waals surface area contributed by atoms with Gasteiger partial charge in [-0.2, -0.15) is 0 Å². The first-order valence-corrected chi connectivity index (χ1v) is 6.87. The Morgan fingerprint density at radius 1 is 1.20 bits per heavy atom. The fourth-order valence-electron chi connectivity index (χ4n) is 1.85. The molecule has 6 heteroatoms. The van der Waals surface area contributed by atoms with Crippen molar-refractivity contribution in [1.82, 2.24) is 0 Å². The molecule has 1 amide bonds. The lowest BCUT2D eigenvalue weighted by molar-refractivity contribution is 0.0698. The summed E-state index contributed by atoms with van der Waals surface area (Å²) in [6.07, 6.45) is 0. The van der Waals surface area contributed by atoms with Crippen molar-refractivity contribution in [2.24, 2.45) is 0 Å². The maximum absolute atomic E-state index is 12.1. The molecule has 1 heterocycles. The van der Waals surface area contributed by atoms with Crippen molar-refractivity contribution < 1.29 is 19.1 Å². The summed E-state index contributed by atoms with van der Waals surface area (Å²) >= 11 is 2.02. The van der Waals surface area contributed by atoms with Crippen LogP contribution in [0.4, 0.5) is 5.69 Å². The Morgan fingerprint density at radius 3 is 2.45 bits per heavy atom. The number of halogens is 1. The van der Waals surface area contributed by atoms with E-state index in [1.165, 1.54) is 6.07 Å². The summed E-state index contributed by atoms with van der Waals surface area (Å²) in [5.74, 6) is -0.335. The number of rotatable bonds is 3. The van der Waals surface area contributed by atoms with Crippen LogP contribution in [0, 0.1) is 17.4 Å². The van der Waals surface area contributed by atoms with E-state index in [0.29, 0.717) is 17.1 Å². The predicted octanol–water partition coefficient (Wildman–Crippen LogP) is 3.45. The topological polar surface area (TPSA) is 79.5 Å². The maximum atomic E-state index is 12.1. The lowest BCUT2D eigenvalue weighted by atomic mass is 10.1. The van der Waals surface area contributed by atoms with Gasteiger partial charge in [0, 0.05) is 3.57 Å². The number of aryl methyl sites for hydroxylation is 2. The monoisotopic (exact) mass is 385 g/mol. The van der Waals surface area contributed by atoms with Gasteiger partial charge in [-0.05, 0) is 60.7 Å². The highest BCUT2D eigenvalue weighted by Crippen LogP contribution is 2.21. The molecule has 0 saturated carbocycles. The second-order valence-electron chi connectivity index (χ2n) is 4.28. The maximum Gasteiger partial charge on any atom is 0.337 e. The van der Waals surface area contributed by atoms with Crippen LogP contribution in [0.5, 0.6) is 0 Å². The Labute approximate surface area is 129 Å². The number of furan rings is 1. The molecule has 5 nitrogen and oxygen atoms in total. The van der Waals surface area contributed by atoms with Crippen molar-refractivity contribution in [3.8, 4) is 0 Å². The van der Waals surface area contributed by atoms with Crippen molar-refractivity contribution >= 4 is 40.2 Å². The molecule has 0 saturated heterocycles. The first kappa shape index (κ1) is 14.6. The van der Waals surface area contributed by atoms with Gasteiger partial charge in [0.15, 0.2) is 0 Å². The molecule has 0 aliphatic rings. The summed E-state index contributed by atoms with van der Waals surface area (Å²) in [5, 5.41) is 11.8. The first-order valence-electron chi connectivity index (χ1n) is 5.79. The van der Waals surface area contributed by atoms with Gasteiger partial charge in [0.05, 0.1) is 16.8 Å². The molecule has 0 aliphatic heterocycles. The van der Waals surface area contributed by atoms with E-state index in [-0.39, 0.29) is 17.2 Å². The third-order valence-electron chi connectivity index (χ3n) is 2.75. The third kappa shape index (κ3) is 3.01. The van der Waals surface area contributed by atoms with E-state index in [1.54, 1.807) is 32.0 Å².